The second-order valence-corrected chi connectivity index (χ2v) is 3.87. The molecule has 2 nitrogen and oxygen atoms in total. The molecule has 0 spiro atoms. The van der Waals surface area contributed by atoms with E-state index in [9.17, 15) is 4.79 Å². The maximum Gasteiger partial charge on any atom is 0.217 e. The quantitative estimate of drug-likeness (QED) is 0.587. The van der Waals surface area contributed by atoms with Gasteiger partial charge in [-0.25, -0.2) is 0 Å². The molecule has 0 aromatic carbocycles. The highest BCUT2D eigenvalue weighted by molar-refractivity contribution is 5.58. The number of rotatable bonds is 6. The summed E-state index contributed by atoms with van der Waals surface area (Å²) in [4.78, 5) is 12.8. The van der Waals surface area contributed by atoms with Crippen LogP contribution in [0.25, 0.3) is 0 Å². The normalized spacial score (nSPS) is 23.6. The molecule has 75 valence electrons. The first-order valence-corrected chi connectivity index (χ1v) is 5.50. The summed E-state index contributed by atoms with van der Waals surface area (Å²) in [7, 11) is 0. The van der Waals surface area contributed by atoms with Crippen LogP contribution in [0.3, 0.4) is 0 Å². The fourth-order valence-corrected chi connectivity index (χ4v) is 1.97. The molecule has 0 amide bonds. The molecule has 1 fully saturated rings. The Hall–Kier alpha value is -0.370. The summed E-state index contributed by atoms with van der Waals surface area (Å²) in [6.07, 6.45) is 9.48. The van der Waals surface area contributed by atoms with Gasteiger partial charge in [0.2, 0.25) is 6.29 Å². The predicted molar refractivity (Wildman–Crippen MR) is 54.4 cm³/mol. The summed E-state index contributed by atoms with van der Waals surface area (Å²) in [6, 6.07) is 0.113. The Kier molecular flexibility index (Phi) is 5.06. The molecular formula is C11H20NO. The van der Waals surface area contributed by atoms with Crippen LogP contribution in [0.2, 0.25) is 0 Å². The van der Waals surface area contributed by atoms with E-state index in [2.05, 4.69) is 18.1 Å². The summed E-state index contributed by atoms with van der Waals surface area (Å²) >= 11 is 0. The van der Waals surface area contributed by atoms with Crippen molar-refractivity contribution in [2.24, 2.45) is 0 Å². The predicted octanol–water partition coefficient (Wildman–Crippen LogP) is 2.14. The van der Waals surface area contributed by atoms with Crippen molar-refractivity contribution in [1.29, 1.82) is 0 Å². The molecule has 0 aromatic rings. The maximum atomic E-state index is 10.5. The fourth-order valence-electron chi connectivity index (χ4n) is 1.97. The van der Waals surface area contributed by atoms with Gasteiger partial charge in [-0.1, -0.05) is 26.2 Å². The summed E-state index contributed by atoms with van der Waals surface area (Å²) in [6.45, 7) is 4.42. The minimum atomic E-state index is 0.113. The molecule has 0 N–H and O–H groups in total. The number of hydrogen-bond donors (Lipinski definition) is 0. The first-order chi connectivity index (χ1) is 6.38. The topological polar surface area (TPSA) is 20.3 Å². The van der Waals surface area contributed by atoms with E-state index in [1.54, 1.807) is 0 Å². The van der Waals surface area contributed by atoms with Crippen molar-refractivity contribution in [3.63, 3.8) is 0 Å². The number of unbranched alkanes of at least 4 members (excludes halogenated alkanes) is 3. The average Bonchev–Trinajstić information content (AvgIpc) is 2.60. The molecule has 0 aromatic heterocycles. The zero-order valence-corrected chi connectivity index (χ0v) is 8.59. The van der Waals surface area contributed by atoms with Crippen molar-refractivity contribution < 1.29 is 4.79 Å². The molecule has 0 bridgehead atoms. The van der Waals surface area contributed by atoms with E-state index < -0.39 is 0 Å². The molecule has 0 saturated carbocycles. The highest BCUT2D eigenvalue weighted by Crippen LogP contribution is 2.16. The van der Waals surface area contributed by atoms with Gasteiger partial charge >= 0.3 is 0 Å². The van der Waals surface area contributed by atoms with Gasteiger partial charge in [0, 0.05) is 0 Å². The third kappa shape index (κ3) is 3.47. The Morgan fingerprint density at radius 1 is 1.38 bits per heavy atom. The molecule has 1 atom stereocenters. The summed E-state index contributed by atoms with van der Waals surface area (Å²) in [5, 5.41) is 0. The standard InChI is InChI=1S/C11H20NO/c1-2-3-4-5-8-12-9-6-7-11(12)10-13/h11H,2-9H2,1H3/t11-/m0/s1. The van der Waals surface area contributed by atoms with E-state index in [0.717, 1.165) is 19.5 Å². The molecule has 1 saturated heterocycles. The van der Waals surface area contributed by atoms with Gasteiger partial charge in [0.25, 0.3) is 0 Å². The number of nitrogens with zero attached hydrogens (tertiary/aromatic N) is 1. The van der Waals surface area contributed by atoms with Crippen LogP contribution in [0.15, 0.2) is 0 Å². The van der Waals surface area contributed by atoms with Crippen molar-refractivity contribution in [2.45, 2.75) is 51.5 Å². The summed E-state index contributed by atoms with van der Waals surface area (Å²) in [5.41, 5.74) is 0. The summed E-state index contributed by atoms with van der Waals surface area (Å²) in [5.74, 6) is 0. The zero-order chi connectivity index (χ0) is 9.52. The molecule has 1 heterocycles. The maximum absolute atomic E-state index is 10.5. The van der Waals surface area contributed by atoms with Crippen molar-refractivity contribution in [3.8, 4) is 0 Å². The van der Waals surface area contributed by atoms with Crippen LogP contribution in [0.1, 0.15) is 45.4 Å². The Balaban J connectivity index is 2.09. The Morgan fingerprint density at radius 3 is 2.92 bits per heavy atom. The molecule has 1 aliphatic rings. The van der Waals surface area contributed by atoms with Crippen LogP contribution < -0.4 is 0 Å². The fraction of sp³-hybridized carbons (Fsp3) is 0.909. The van der Waals surface area contributed by atoms with Gasteiger partial charge in [0.15, 0.2) is 0 Å². The van der Waals surface area contributed by atoms with Gasteiger partial charge in [-0.05, 0) is 32.4 Å². The van der Waals surface area contributed by atoms with Crippen LogP contribution in [-0.4, -0.2) is 30.3 Å². The lowest BCUT2D eigenvalue weighted by Gasteiger charge is -2.18. The Bertz CT molecular complexity index is 147. The largest absolute Gasteiger partial charge is 0.293 e. The molecule has 0 aliphatic carbocycles. The minimum absolute atomic E-state index is 0.113. The Labute approximate surface area is 81.3 Å². The van der Waals surface area contributed by atoms with E-state index in [0.29, 0.717) is 0 Å². The van der Waals surface area contributed by atoms with Crippen molar-refractivity contribution in [1.82, 2.24) is 4.90 Å². The third-order valence-electron chi connectivity index (χ3n) is 2.80. The van der Waals surface area contributed by atoms with Gasteiger partial charge in [0.05, 0.1) is 6.04 Å². The van der Waals surface area contributed by atoms with Crippen LogP contribution in [-0.2, 0) is 4.79 Å². The number of likely N-dealkylation sites (tertiary alicyclic amines) is 1. The van der Waals surface area contributed by atoms with Gasteiger partial charge in [0.1, 0.15) is 0 Å². The highest BCUT2D eigenvalue weighted by Gasteiger charge is 2.23. The van der Waals surface area contributed by atoms with Crippen molar-refractivity contribution in [2.75, 3.05) is 13.1 Å². The van der Waals surface area contributed by atoms with Crippen LogP contribution in [0, 0.1) is 0 Å². The van der Waals surface area contributed by atoms with Crippen molar-refractivity contribution >= 4 is 6.29 Å². The minimum Gasteiger partial charge on any atom is -0.293 e. The van der Waals surface area contributed by atoms with E-state index >= 15 is 0 Å². The van der Waals surface area contributed by atoms with Gasteiger partial charge in [-0.15, -0.1) is 0 Å². The van der Waals surface area contributed by atoms with Gasteiger partial charge in [-0.3, -0.25) is 9.69 Å². The number of carbonyl (C=O) groups excluding carboxylic acids is 1. The molecule has 2 heteroatoms. The zero-order valence-electron chi connectivity index (χ0n) is 8.59. The average molecular weight is 182 g/mol. The Morgan fingerprint density at radius 2 is 2.23 bits per heavy atom. The van der Waals surface area contributed by atoms with Gasteiger partial charge < -0.3 is 0 Å². The van der Waals surface area contributed by atoms with E-state index in [-0.39, 0.29) is 6.04 Å². The first kappa shape index (κ1) is 10.7. The second kappa shape index (κ2) is 6.14. The number of hydrogen-bond acceptors (Lipinski definition) is 2. The third-order valence-corrected chi connectivity index (χ3v) is 2.80. The van der Waals surface area contributed by atoms with Crippen molar-refractivity contribution in [3.05, 3.63) is 0 Å². The molecular weight excluding hydrogens is 162 g/mol. The smallest absolute Gasteiger partial charge is 0.217 e. The SMILES string of the molecule is CCCCCCN1CCC[C@H]1[C]=O. The highest BCUT2D eigenvalue weighted by atomic mass is 16.1. The second-order valence-electron chi connectivity index (χ2n) is 3.87. The van der Waals surface area contributed by atoms with E-state index in [1.165, 1.54) is 32.1 Å². The molecule has 1 radical (unpaired) electrons. The lowest BCUT2D eigenvalue weighted by atomic mass is 10.2. The van der Waals surface area contributed by atoms with E-state index in [1.807, 2.05) is 0 Å². The molecule has 1 rings (SSSR count). The van der Waals surface area contributed by atoms with E-state index in [4.69, 9.17) is 0 Å². The van der Waals surface area contributed by atoms with Crippen LogP contribution >= 0.6 is 0 Å². The lowest BCUT2D eigenvalue weighted by Crippen LogP contribution is -2.31. The van der Waals surface area contributed by atoms with Crippen LogP contribution in [0.4, 0.5) is 0 Å². The van der Waals surface area contributed by atoms with Gasteiger partial charge in [-0.2, -0.15) is 0 Å². The molecule has 0 unspecified atom stereocenters. The summed E-state index contributed by atoms with van der Waals surface area (Å²) < 4.78 is 0. The first-order valence-electron chi connectivity index (χ1n) is 5.50. The monoisotopic (exact) mass is 182 g/mol. The lowest BCUT2D eigenvalue weighted by molar-refractivity contribution is 0.288. The molecule has 13 heavy (non-hydrogen) atoms. The molecule has 1 aliphatic heterocycles. The van der Waals surface area contributed by atoms with Crippen LogP contribution in [0.5, 0.6) is 0 Å².